The number of methoxy groups -OCH3 is 2. The van der Waals surface area contributed by atoms with Crippen molar-refractivity contribution in [1.29, 1.82) is 0 Å². The van der Waals surface area contributed by atoms with Crippen molar-refractivity contribution in [2.24, 2.45) is 5.73 Å². The summed E-state index contributed by atoms with van der Waals surface area (Å²) in [5.74, 6) is 1.76. The highest BCUT2D eigenvalue weighted by atomic mass is 16.5. The summed E-state index contributed by atoms with van der Waals surface area (Å²) in [6.45, 7) is 6.27. The number of likely N-dealkylation sites (tertiary alicyclic amines) is 1. The standard InChI is InChI=1S/C15H24N2O2/c1-15(2)14(16)7-8-17(15)10-11-9-12(18-3)5-6-13(11)19-4/h5-6,9,14H,7-8,10,16H2,1-4H3. The van der Waals surface area contributed by atoms with Gasteiger partial charge in [-0.25, -0.2) is 0 Å². The predicted molar refractivity (Wildman–Crippen MR) is 76.6 cm³/mol. The average molecular weight is 264 g/mol. The summed E-state index contributed by atoms with van der Waals surface area (Å²) in [5, 5.41) is 0. The first-order valence-corrected chi connectivity index (χ1v) is 6.70. The number of hydrogen-bond acceptors (Lipinski definition) is 4. The molecule has 1 saturated heterocycles. The van der Waals surface area contributed by atoms with Crippen molar-refractivity contribution in [1.82, 2.24) is 4.90 Å². The molecule has 4 nitrogen and oxygen atoms in total. The normalized spacial score (nSPS) is 22.5. The first-order valence-electron chi connectivity index (χ1n) is 6.70. The Morgan fingerprint density at radius 1 is 1.32 bits per heavy atom. The van der Waals surface area contributed by atoms with Crippen LogP contribution >= 0.6 is 0 Å². The molecule has 0 bridgehead atoms. The molecular weight excluding hydrogens is 240 g/mol. The summed E-state index contributed by atoms with van der Waals surface area (Å²) in [5.41, 5.74) is 7.35. The van der Waals surface area contributed by atoms with Crippen LogP contribution in [-0.2, 0) is 6.54 Å². The molecule has 19 heavy (non-hydrogen) atoms. The van der Waals surface area contributed by atoms with Crippen molar-refractivity contribution >= 4 is 0 Å². The lowest BCUT2D eigenvalue weighted by Crippen LogP contribution is -2.48. The van der Waals surface area contributed by atoms with E-state index in [4.69, 9.17) is 15.2 Å². The van der Waals surface area contributed by atoms with Crippen LogP contribution in [0.3, 0.4) is 0 Å². The molecule has 1 unspecified atom stereocenters. The molecule has 106 valence electrons. The Morgan fingerprint density at radius 2 is 2.05 bits per heavy atom. The highest BCUT2D eigenvalue weighted by molar-refractivity contribution is 5.40. The van der Waals surface area contributed by atoms with Crippen LogP contribution < -0.4 is 15.2 Å². The van der Waals surface area contributed by atoms with Gasteiger partial charge in [0.25, 0.3) is 0 Å². The van der Waals surface area contributed by atoms with Gasteiger partial charge in [-0.3, -0.25) is 4.90 Å². The molecule has 0 aromatic heterocycles. The molecule has 0 saturated carbocycles. The summed E-state index contributed by atoms with van der Waals surface area (Å²) in [7, 11) is 3.38. The maximum Gasteiger partial charge on any atom is 0.123 e. The Morgan fingerprint density at radius 3 is 2.58 bits per heavy atom. The molecule has 0 radical (unpaired) electrons. The number of nitrogens with zero attached hydrogens (tertiary/aromatic N) is 1. The molecule has 0 aliphatic carbocycles. The van der Waals surface area contributed by atoms with E-state index in [1.807, 2.05) is 18.2 Å². The Hall–Kier alpha value is -1.26. The number of benzene rings is 1. The van der Waals surface area contributed by atoms with Crippen molar-refractivity contribution in [3.8, 4) is 11.5 Å². The molecular formula is C15H24N2O2. The summed E-state index contributed by atoms with van der Waals surface area (Å²) < 4.78 is 10.7. The van der Waals surface area contributed by atoms with Gasteiger partial charge in [0, 0.05) is 30.2 Å². The van der Waals surface area contributed by atoms with Gasteiger partial charge in [-0.2, -0.15) is 0 Å². The first-order chi connectivity index (χ1) is 8.98. The quantitative estimate of drug-likeness (QED) is 0.904. The zero-order valence-corrected chi connectivity index (χ0v) is 12.3. The van der Waals surface area contributed by atoms with Gasteiger partial charge >= 0.3 is 0 Å². The molecule has 1 heterocycles. The van der Waals surface area contributed by atoms with Crippen LogP contribution in [0, 0.1) is 0 Å². The highest BCUT2D eigenvalue weighted by Crippen LogP contribution is 2.32. The minimum atomic E-state index is 0.0219. The number of hydrogen-bond donors (Lipinski definition) is 1. The largest absolute Gasteiger partial charge is 0.497 e. The molecule has 0 spiro atoms. The van der Waals surface area contributed by atoms with Gasteiger partial charge < -0.3 is 15.2 Å². The van der Waals surface area contributed by atoms with E-state index < -0.39 is 0 Å². The molecule has 1 fully saturated rings. The topological polar surface area (TPSA) is 47.7 Å². The van der Waals surface area contributed by atoms with Crippen LogP contribution in [0.4, 0.5) is 0 Å². The lowest BCUT2D eigenvalue weighted by molar-refractivity contribution is 0.153. The average Bonchev–Trinajstić information content (AvgIpc) is 2.65. The summed E-state index contributed by atoms with van der Waals surface area (Å²) >= 11 is 0. The minimum Gasteiger partial charge on any atom is -0.497 e. The van der Waals surface area contributed by atoms with Gasteiger partial charge in [0.1, 0.15) is 11.5 Å². The van der Waals surface area contributed by atoms with E-state index in [-0.39, 0.29) is 11.6 Å². The Bertz CT molecular complexity index is 446. The Labute approximate surface area is 115 Å². The molecule has 1 aliphatic heterocycles. The Kier molecular flexibility index (Phi) is 4.02. The number of nitrogens with two attached hydrogens (primary N) is 1. The number of ether oxygens (including phenoxy) is 2. The fraction of sp³-hybridized carbons (Fsp3) is 0.600. The molecule has 2 rings (SSSR count). The van der Waals surface area contributed by atoms with Crippen LogP contribution in [0.1, 0.15) is 25.8 Å². The monoisotopic (exact) mass is 264 g/mol. The Balaban J connectivity index is 2.23. The van der Waals surface area contributed by atoms with Crippen LogP contribution in [0.2, 0.25) is 0 Å². The second-order valence-corrected chi connectivity index (χ2v) is 5.65. The zero-order chi connectivity index (χ0) is 14.0. The van der Waals surface area contributed by atoms with Gasteiger partial charge in [-0.05, 0) is 38.5 Å². The third kappa shape index (κ3) is 2.69. The van der Waals surface area contributed by atoms with Crippen LogP contribution in [0.25, 0.3) is 0 Å². The smallest absolute Gasteiger partial charge is 0.123 e. The second-order valence-electron chi connectivity index (χ2n) is 5.65. The van der Waals surface area contributed by atoms with Crippen molar-refractivity contribution in [2.45, 2.75) is 38.4 Å². The summed E-state index contributed by atoms with van der Waals surface area (Å²) in [6.07, 6.45) is 1.04. The van der Waals surface area contributed by atoms with Crippen molar-refractivity contribution in [3.63, 3.8) is 0 Å². The lowest BCUT2D eigenvalue weighted by Gasteiger charge is -2.34. The highest BCUT2D eigenvalue weighted by Gasteiger charge is 2.39. The zero-order valence-electron chi connectivity index (χ0n) is 12.3. The van der Waals surface area contributed by atoms with E-state index in [1.165, 1.54) is 0 Å². The SMILES string of the molecule is COc1ccc(OC)c(CN2CCC(N)C2(C)C)c1. The molecule has 1 atom stereocenters. The van der Waals surface area contributed by atoms with Gasteiger partial charge in [0.15, 0.2) is 0 Å². The van der Waals surface area contributed by atoms with Crippen molar-refractivity contribution in [2.75, 3.05) is 20.8 Å². The maximum atomic E-state index is 6.19. The fourth-order valence-electron chi connectivity index (χ4n) is 2.66. The van der Waals surface area contributed by atoms with E-state index in [9.17, 15) is 0 Å². The molecule has 1 aromatic rings. The van der Waals surface area contributed by atoms with E-state index in [0.717, 1.165) is 36.6 Å². The van der Waals surface area contributed by atoms with E-state index in [0.29, 0.717) is 0 Å². The van der Waals surface area contributed by atoms with E-state index in [1.54, 1.807) is 14.2 Å². The minimum absolute atomic E-state index is 0.0219. The predicted octanol–water partition coefficient (Wildman–Crippen LogP) is 2.02. The van der Waals surface area contributed by atoms with Crippen LogP contribution in [0.15, 0.2) is 18.2 Å². The van der Waals surface area contributed by atoms with Gasteiger partial charge in [0.05, 0.1) is 14.2 Å². The van der Waals surface area contributed by atoms with Crippen LogP contribution in [-0.4, -0.2) is 37.2 Å². The third-order valence-electron chi connectivity index (χ3n) is 4.28. The molecule has 2 N–H and O–H groups in total. The van der Waals surface area contributed by atoms with E-state index >= 15 is 0 Å². The molecule has 4 heteroatoms. The summed E-state index contributed by atoms with van der Waals surface area (Å²) in [4.78, 5) is 2.41. The lowest BCUT2D eigenvalue weighted by atomic mass is 9.96. The summed E-state index contributed by atoms with van der Waals surface area (Å²) in [6, 6.07) is 6.14. The second kappa shape index (κ2) is 5.39. The number of rotatable bonds is 4. The van der Waals surface area contributed by atoms with E-state index in [2.05, 4.69) is 18.7 Å². The van der Waals surface area contributed by atoms with Gasteiger partial charge in [-0.1, -0.05) is 0 Å². The molecule has 0 amide bonds. The van der Waals surface area contributed by atoms with Crippen LogP contribution in [0.5, 0.6) is 11.5 Å². The fourth-order valence-corrected chi connectivity index (χ4v) is 2.66. The van der Waals surface area contributed by atoms with Gasteiger partial charge in [-0.15, -0.1) is 0 Å². The molecule has 1 aliphatic rings. The first kappa shape index (κ1) is 14.2. The molecule has 1 aromatic carbocycles. The van der Waals surface area contributed by atoms with Crippen molar-refractivity contribution in [3.05, 3.63) is 23.8 Å². The van der Waals surface area contributed by atoms with Gasteiger partial charge in [0.2, 0.25) is 0 Å². The van der Waals surface area contributed by atoms with Crippen molar-refractivity contribution < 1.29 is 9.47 Å². The third-order valence-corrected chi connectivity index (χ3v) is 4.28. The maximum absolute atomic E-state index is 6.19.